The zero-order valence-corrected chi connectivity index (χ0v) is 25.8. The monoisotopic (exact) mass is 568 g/mol. The lowest BCUT2D eigenvalue weighted by atomic mass is 10.1. The van der Waals surface area contributed by atoms with Crippen LogP contribution in [-0.4, -0.2) is 0 Å². The molecule has 206 valence electrons. The van der Waals surface area contributed by atoms with Crippen LogP contribution in [0, 0.1) is 0 Å². The Kier molecular flexibility index (Phi) is 14.4. The van der Waals surface area contributed by atoms with Gasteiger partial charge in [0.2, 0.25) is 0 Å². The lowest BCUT2D eigenvalue weighted by Gasteiger charge is -2.23. The Bertz CT molecular complexity index is 1000. The number of benzene rings is 3. The van der Waals surface area contributed by atoms with E-state index >= 15 is 0 Å². The first-order chi connectivity index (χ1) is 18.6. The first-order valence-electron chi connectivity index (χ1n) is 14.5. The summed E-state index contributed by atoms with van der Waals surface area (Å²) in [4.78, 5) is 0. The SMILES string of the molecule is CCCCCCCc1ccc(OP(=S)(Oc2ccc(CCCCCCC)cc2)SCc2ccccc2)cc1. The summed E-state index contributed by atoms with van der Waals surface area (Å²) in [5, 5.41) is 0. The molecular weight excluding hydrogens is 523 g/mol. The number of hydrogen-bond acceptors (Lipinski definition) is 4. The molecule has 0 aliphatic carbocycles. The van der Waals surface area contributed by atoms with Crippen molar-refractivity contribution in [3.05, 3.63) is 95.6 Å². The van der Waals surface area contributed by atoms with E-state index in [1.807, 2.05) is 6.07 Å². The third-order valence-corrected chi connectivity index (χ3v) is 11.5. The van der Waals surface area contributed by atoms with Crippen molar-refractivity contribution in [2.75, 3.05) is 0 Å². The third-order valence-electron chi connectivity index (χ3n) is 6.65. The highest BCUT2D eigenvalue weighted by Crippen LogP contribution is 2.61. The maximum atomic E-state index is 6.44. The van der Waals surface area contributed by atoms with E-state index in [1.165, 1.54) is 80.9 Å². The van der Waals surface area contributed by atoms with Crippen LogP contribution in [0.4, 0.5) is 0 Å². The zero-order chi connectivity index (χ0) is 26.9. The average molecular weight is 569 g/mol. The van der Waals surface area contributed by atoms with Gasteiger partial charge in [0.25, 0.3) is 0 Å². The van der Waals surface area contributed by atoms with Crippen molar-refractivity contribution in [2.45, 2.75) is 96.7 Å². The molecule has 0 unspecified atom stereocenters. The predicted molar refractivity (Wildman–Crippen MR) is 171 cm³/mol. The standard InChI is InChI=1S/C33H45O2PS2/c1-3-5-7-9-12-16-29-20-24-32(25-21-29)34-36(37,38-28-31-18-14-11-15-19-31)35-33-26-22-30(23-27-33)17-13-10-8-6-4-2/h11,14-15,18-27H,3-10,12-13,16-17,28H2,1-2H3. The van der Waals surface area contributed by atoms with Gasteiger partial charge in [-0.2, -0.15) is 0 Å². The first kappa shape index (κ1) is 30.8. The molecule has 0 bridgehead atoms. The molecule has 38 heavy (non-hydrogen) atoms. The van der Waals surface area contributed by atoms with Crippen molar-refractivity contribution in [1.82, 2.24) is 0 Å². The molecule has 0 saturated heterocycles. The zero-order valence-electron chi connectivity index (χ0n) is 23.3. The van der Waals surface area contributed by atoms with Crippen LogP contribution in [0.2, 0.25) is 0 Å². The van der Waals surface area contributed by atoms with E-state index in [0.717, 1.165) is 30.1 Å². The molecule has 2 nitrogen and oxygen atoms in total. The van der Waals surface area contributed by atoms with Gasteiger partial charge in [-0.15, -0.1) is 0 Å². The van der Waals surface area contributed by atoms with Gasteiger partial charge >= 0.3 is 5.69 Å². The number of aryl methyl sites for hydroxylation is 2. The maximum absolute atomic E-state index is 6.44. The van der Waals surface area contributed by atoms with Crippen LogP contribution in [0.5, 0.6) is 11.5 Å². The second kappa shape index (κ2) is 17.8. The summed E-state index contributed by atoms with van der Waals surface area (Å²) in [6, 6.07) is 27.3. The van der Waals surface area contributed by atoms with Crippen molar-refractivity contribution in [3.8, 4) is 11.5 Å². The molecule has 0 aliphatic rings. The largest absolute Gasteiger partial charge is 0.428 e. The second-order valence-electron chi connectivity index (χ2n) is 10.0. The molecule has 0 aliphatic heterocycles. The summed E-state index contributed by atoms with van der Waals surface area (Å²) in [6.07, 6.45) is 15.2. The van der Waals surface area contributed by atoms with Gasteiger partial charge in [0.15, 0.2) is 0 Å². The fourth-order valence-electron chi connectivity index (χ4n) is 4.36. The molecular formula is C33H45O2PS2. The van der Waals surface area contributed by atoms with Crippen LogP contribution in [-0.2, 0) is 30.4 Å². The lowest BCUT2D eigenvalue weighted by molar-refractivity contribution is 0.506. The van der Waals surface area contributed by atoms with Crippen molar-refractivity contribution in [3.63, 3.8) is 0 Å². The molecule has 5 heteroatoms. The van der Waals surface area contributed by atoms with Crippen LogP contribution in [0.25, 0.3) is 0 Å². The minimum absolute atomic E-state index is 0.754. The van der Waals surface area contributed by atoms with Gasteiger partial charge in [-0.3, -0.25) is 0 Å². The van der Waals surface area contributed by atoms with Gasteiger partial charge in [-0.05, 0) is 89.8 Å². The van der Waals surface area contributed by atoms with E-state index in [2.05, 4.69) is 86.6 Å². The van der Waals surface area contributed by atoms with Crippen LogP contribution in [0.15, 0.2) is 78.9 Å². The Balaban J connectivity index is 1.61. The predicted octanol–water partition coefficient (Wildman–Crippen LogP) is 11.3. The highest BCUT2D eigenvalue weighted by molar-refractivity contribution is 8.67. The van der Waals surface area contributed by atoms with E-state index < -0.39 is 5.69 Å². The van der Waals surface area contributed by atoms with Gasteiger partial charge in [-0.1, -0.05) is 120 Å². The Hall–Kier alpha value is -1.74. The van der Waals surface area contributed by atoms with E-state index in [9.17, 15) is 0 Å². The molecule has 0 heterocycles. The van der Waals surface area contributed by atoms with Crippen molar-refractivity contribution < 1.29 is 9.05 Å². The summed E-state index contributed by atoms with van der Waals surface area (Å²) in [5.74, 6) is 2.32. The molecule has 0 saturated carbocycles. The fraction of sp³-hybridized carbons (Fsp3) is 0.455. The minimum atomic E-state index is -2.68. The molecule has 0 aromatic heterocycles. The van der Waals surface area contributed by atoms with Crippen LogP contribution >= 0.6 is 17.1 Å². The maximum Gasteiger partial charge on any atom is 0.348 e. The molecule has 0 amide bonds. The number of hydrogen-bond donors (Lipinski definition) is 0. The molecule has 3 aromatic rings. The Labute approximate surface area is 240 Å². The van der Waals surface area contributed by atoms with Crippen LogP contribution < -0.4 is 9.05 Å². The quantitative estimate of drug-likeness (QED) is 0.106. The number of unbranched alkanes of at least 4 members (excludes halogenated alkanes) is 8. The van der Waals surface area contributed by atoms with Crippen LogP contribution in [0.3, 0.4) is 0 Å². The smallest absolute Gasteiger partial charge is 0.348 e. The normalized spacial score (nSPS) is 11.4. The molecule has 0 atom stereocenters. The summed E-state index contributed by atoms with van der Waals surface area (Å²) < 4.78 is 12.9. The third kappa shape index (κ3) is 12.0. The van der Waals surface area contributed by atoms with E-state index in [4.69, 9.17) is 20.9 Å². The summed E-state index contributed by atoms with van der Waals surface area (Å²) in [7, 11) is 0. The molecule has 0 spiro atoms. The molecule has 3 aromatic carbocycles. The first-order valence-corrected chi connectivity index (χ1v) is 18.7. The van der Waals surface area contributed by atoms with E-state index in [0.29, 0.717) is 0 Å². The van der Waals surface area contributed by atoms with Crippen molar-refractivity contribution >= 4 is 28.9 Å². The highest BCUT2D eigenvalue weighted by Gasteiger charge is 2.24. The average Bonchev–Trinajstić information content (AvgIpc) is 2.94. The van der Waals surface area contributed by atoms with Crippen molar-refractivity contribution in [1.29, 1.82) is 0 Å². The molecule has 3 rings (SSSR count). The van der Waals surface area contributed by atoms with E-state index in [1.54, 1.807) is 11.4 Å². The second-order valence-corrected chi connectivity index (χ2v) is 16.2. The van der Waals surface area contributed by atoms with Gasteiger partial charge < -0.3 is 9.05 Å². The molecule has 0 radical (unpaired) electrons. The number of rotatable bonds is 19. The fourth-order valence-corrected chi connectivity index (χ4v) is 8.50. The topological polar surface area (TPSA) is 18.5 Å². The minimum Gasteiger partial charge on any atom is -0.428 e. The van der Waals surface area contributed by atoms with Crippen molar-refractivity contribution in [2.24, 2.45) is 0 Å². The van der Waals surface area contributed by atoms with Gasteiger partial charge in [0, 0.05) is 5.75 Å². The summed E-state index contributed by atoms with van der Waals surface area (Å²) >= 11 is 7.68. The summed E-state index contributed by atoms with van der Waals surface area (Å²) in [6.45, 7) is 4.52. The van der Waals surface area contributed by atoms with Gasteiger partial charge in [-0.25, -0.2) is 0 Å². The summed E-state index contributed by atoms with van der Waals surface area (Å²) in [5.41, 5.74) is 1.25. The van der Waals surface area contributed by atoms with Gasteiger partial charge in [0.1, 0.15) is 11.5 Å². The van der Waals surface area contributed by atoms with E-state index in [-0.39, 0.29) is 0 Å². The Morgan fingerprint density at radius 2 is 1.00 bits per heavy atom. The molecule has 0 fully saturated rings. The lowest BCUT2D eigenvalue weighted by Crippen LogP contribution is -1.99. The Morgan fingerprint density at radius 1 is 0.553 bits per heavy atom. The highest BCUT2D eigenvalue weighted by atomic mass is 32.9. The van der Waals surface area contributed by atoms with Gasteiger partial charge in [0.05, 0.1) is 0 Å². The Morgan fingerprint density at radius 3 is 1.45 bits per heavy atom. The van der Waals surface area contributed by atoms with Crippen LogP contribution in [0.1, 0.15) is 94.7 Å². The molecule has 0 N–H and O–H groups in total.